The molecule has 25 heavy (non-hydrogen) atoms. The topological polar surface area (TPSA) is 96.2 Å². The van der Waals surface area contributed by atoms with Crippen LogP contribution in [0.1, 0.15) is 21.8 Å². The second kappa shape index (κ2) is 5.94. The van der Waals surface area contributed by atoms with Crippen LogP contribution in [0.25, 0.3) is 11.0 Å². The van der Waals surface area contributed by atoms with E-state index in [0.29, 0.717) is 28.9 Å². The molecule has 7 heteroatoms. The number of pyridine rings is 2. The molecule has 1 aromatic carbocycles. The predicted octanol–water partition coefficient (Wildman–Crippen LogP) is 1.57. The zero-order chi connectivity index (χ0) is 17.4. The van der Waals surface area contributed by atoms with Gasteiger partial charge in [0.1, 0.15) is 5.56 Å². The van der Waals surface area contributed by atoms with Crippen LogP contribution in [0.2, 0.25) is 0 Å². The number of anilines is 1. The van der Waals surface area contributed by atoms with Gasteiger partial charge >= 0.3 is 0 Å². The van der Waals surface area contributed by atoms with Gasteiger partial charge in [-0.25, -0.2) is 4.98 Å². The minimum absolute atomic E-state index is 0.0570. The van der Waals surface area contributed by atoms with E-state index in [1.54, 1.807) is 12.1 Å². The van der Waals surface area contributed by atoms with Gasteiger partial charge in [-0.15, -0.1) is 4.73 Å². The smallest absolute Gasteiger partial charge is 0.299 e. The lowest BCUT2D eigenvalue weighted by Gasteiger charge is -2.24. The number of nitrogens with zero attached hydrogens (tertiary/aromatic N) is 2. The molecule has 0 aliphatic carbocycles. The summed E-state index contributed by atoms with van der Waals surface area (Å²) in [5, 5.41) is 16.6. The number of rotatable bonds is 1. The maximum atomic E-state index is 12.6. The van der Waals surface area contributed by atoms with Gasteiger partial charge in [-0.05, 0) is 17.7 Å². The van der Waals surface area contributed by atoms with Crippen LogP contribution in [-0.2, 0) is 0 Å². The molecule has 0 radical (unpaired) electrons. The summed E-state index contributed by atoms with van der Waals surface area (Å²) in [6.07, 6.45) is 1.48. The molecular weight excluding hydrogens is 320 g/mol. The first-order valence-corrected chi connectivity index (χ1v) is 7.97. The van der Waals surface area contributed by atoms with Gasteiger partial charge in [0.25, 0.3) is 11.5 Å². The highest BCUT2D eigenvalue weighted by Crippen LogP contribution is 2.26. The number of benzene rings is 1. The molecule has 3 heterocycles. The minimum atomic E-state index is -0.788. The van der Waals surface area contributed by atoms with Crippen molar-refractivity contribution in [1.82, 2.24) is 15.0 Å². The van der Waals surface area contributed by atoms with Crippen LogP contribution in [0.5, 0.6) is 0 Å². The van der Waals surface area contributed by atoms with E-state index in [4.69, 9.17) is 0 Å². The number of aromatic nitrogens is 2. The Morgan fingerprint density at radius 1 is 1.04 bits per heavy atom. The molecule has 7 nitrogen and oxygen atoms in total. The fourth-order valence-corrected chi connectivity index (χ4v) is 3.16. The molecule has 1 atom stereocenters. The number of amides is 1. The molecule has 3 aromatic rings. The van der Waals surface area contributed by atoms with Crippen molar-refractivity contribution in [2.75, 3.05) is 18.4 Å². The molecule has 2 aromatic heterocycles. The molecule has 0 saturated carbocycles. The Balaban J connectivity index is 1.86. The predicted molar refractivity (Wildman–Crippen MR) is 93.2 cm³/mol. The molecule has 0 fully saturated rings. The van der Waals surface area contributed by atoms with Crippen molar-refractivity contribution in [2.45, 2.75) is 5.92 Å². The van der Waals surface area contributed by atoms with E-state index in [2.05, 4.69) is 15.6 Å². The Morgan fingerprint density at radius 3 is 2.60 bits per heavy atom. The molecule has 126 valence electrons. The summed E-state index contributed by atoms with van der Waals surface area (Å²) in [7, 11) is 0. The Morgan fingerprint density at radius 2 is 1.80 bits per heavy atom. The van der Waals surface area contributed by atoms with E-state index in [9.17, 15) is 14.8 Å². The summed E-state index contributed by atoms with van der Waals surface area (Å²) in [6, 6.07) is 13.3. The molecule has 1 aliphatic heterocycles. The van der Waals surface area contributed by atoms with E-state index in [1.165, 1.54) is 6.20 Å². The Bertz CT molecular complexity index is 1010. The Labute approximate surface area is 142 Å². The summed E-state index contributed by atoms with van der Waals surface area (Å²) in [4.78, 5) is 29.0. The lowest BCUT2D eigenvalue weighted by molar-refractivity contribution is 0.0943. The fourth-order valence-electron chi connectivity index (χ4n) is 3.16. The molecule has 1 amide bonds. The van der Waals surface area contributed by atoms with Crippen molar-refractivity contribution in [2.24, 2.45) is 0 Å². The van der Waals surface area contributed by atoms with Gasteiger partial charge in [0.2, 0.25) is 0 Å². The second-order valence-corrected chi connectivity index (χ2v) is 5.94. The van der Waals surface area contributed by atoms with E-state index < -0.39 is 11.5 Å². The van der Waals surface area contributed by atoms with Crippen molar-refractivity contribution < 1.29 is 10.0 Å². The summed E-state index contributed by atoms with van der Waals surface area (Å²) >= 11 is 0. The third kappa shape index (κ3) is 2.50. The van der Waals surface area contributed by atoms with Gasteiger partial charge in [-0.2, -0.15) is 0 Å². The first kappa shape index (κ1) is 15.2. The highest BCUT2D eigenvalue weighted by atomic mass is 16.5. The van der Waals surface area contributed by atoms with E-state index >= 15 is 0 Å². The zero-order valence-electron chi connectivity index (χ0n) is 13.3. The fraction of sp³-hybridized carbons (Fsp3) is 0.167. The van der Waals surface area contributed by atoms with Crippen LogP contribution in [-0.4, -0.2) is 33.9 Å². The van der Waals surface area contributed by atoms with Crippen LogP contribution in [0.3, 0.4) is 0 Å². The molecule has 1 aliphatic rings. The summed E-state index contributed by atoms with van der Waals surface area (Å²) < 4.78 is 0.422. The van der Waals surface area contributed by atoms with Crippen LogP contribution < -0.4 is 16.2 Å². The molecule has 4 rings (SSSR count). The van der Waals surface area contributed by atoms with Crippen LogP contribution >= 0.6 is 0 Å². The van der Waals surface area contributed by atoms with E-state index in [-0.39, 0.29) is 17.1 Å². The molecule has 0 bridgehead atoms. The number of fused-ring (bicyclic) bond motifs is 3. The number of carbonyl (C=O) groups is 1. The van der Waals surface area contributed by atoms with Crippen molar-refractivity contribution in [3.8, 4) is 0 Å². The van der Waals surface area contributed by atoms with Crippen molar-refractivity contribution >= 4 is 22.6 Å². The van der Waals surface area contributed by atoms with Gasteiger partial charge < -0.3 is 15.8 Å². The van der Waals surface area contributed by atoms with Crippen molar-refractivity contribution in [1.29, 1.82) is 0 Å². The third-order valence-electron chi connectivity index (χ3n) is 4.45. The van der Waals surface area contributed by atoms with Crippen LogP contribution in [0.4, 0.5) is 5.69 Å². The average molecular weight is 336 g/mol. The first-order chi connectivity index (χ1) is 12.2. The largest absolute Gasteiger partial charge is 0.423 e. The van der Waals surface area contributed by atoms with Crippen LogP contribution in [0, 0.1) is 0 Å². The van der Waals surface area contributed by atoms with E-state index in [0.717, 1.165) is 5.56 Å². The summed E-state index contributed by atoms with van der Waals surface area (Å²) in [6.45, 7) is 0.932. The van der Waals surface area contributed by atoms with Crippen molar-refractivity contribution in [3.05, 3.63) is 70.1 Å². The monoisotopic (exact) mass is 336 g/mol. The van der Waals surface area contributed by atoms with Gasteiger partial charge in [-0.3, -0.25) is 9.59 Å². The molecule has 1 unspecified atom stereocenters. The number of hydrogen-bond donors (Lipinski definition) is 3. The van der Waals surface area contributed by atoms with Crippen LogP contribution in [0.15, 0.2) is 53.5 Å². The summed E-state index contributed by atoms with van der Waals surface area (Å²) in [5.74, 6) is -0.455. The minimum Gasteiger partial charge on any atom is -0.423 e. The normalized spacial score (nSPS) is 17.1. The maximum absolute atomic E-state index is 12.6. The quantitative estimate of drug-likeness (QED) is 0.586. The van der Waals surface area contributed by atoms with Crippen molar-refractivity contribution in [3.63, 3.8) is 0 Å². The highest BCUT2D eigenvalue weighted by Gasteiger charge is 2.26. The highest BCUT2D eigenvalue weighted by molar-refractivity contribution is 6.06. The summed E-state index contributed by atoms with van der Waals surface area (Å²) in [5.41, 5.74) is 0.718. The number of hydrogen-bond acceptors (Lipinski definition) is 5. The molecular formula is C18H16N4O3. The maximum Gasteiger partial charge on any atom is 0.299 e. The third-order valence-corrected chi connectivity index (χ3v) is 4.45. The van der Waals surface area contributed by atoms with Gasteiger partial charge in [-0.1, -0.05) is 30.3 Å². The molecule has 0 saturated heterocycles. The Kier molecular flexibility index (Phi) is 3.61. The Hall–Kier alpha value is -3.35. The van der Waals surface area contributed by atoms with Gasteiger partial charge in [0.15, 0.2) is 5.65 Å². The molecule has 3 N–H and O–H groups in total. The molecule has 0 spiro atoms. The zero-order valence-corrected chi connectivity index (χ0v) is 13.3. The van der Waals surface area contributed by atoms with Gasteiger partial charge in [0.05, 0.1) is 5.69 Å². The van der Waals surface area contributed by atoms with E-state index in [1.807, 2.05) is 30.3 Å². The first-order valence-electron chi connectivity index (χ1n) is 7.97. The second-order valence-electron chi connectivity index (χ2n) is 5.94. The lowest BCUT2D eigenvalue weighted by Crippen LogP contribution is -2.39. The average Bonchev–Trinajstić information content (AvgIpc) is 2.64. The number of carbonyl (C=O) groups excluding carboxylic acids is 1. The SMILES string of the molecule is O=C1NCC(c2ccccc2)CNc2c1c(=O)n(O)c1ncccc21. The lowest BCUT2D eigenvalue weighted by atomic mass is 9.97. The standard InChI is InChI=1S/C18H16N4O3/c23-17-14-15(13-7-4-8-19-16(13)22(25)18(14)24)20-9-12(10-21-17)11-5-2-1-3-6-11/h1-8,12,20,25H,9-10H2,(H,21,23). The van der Waals surface area contributed by atoms with Gasteiger partial charge in [0, 0.05) is 30.6 Å². The number of nitrogens with one attached hydrogen (secondary N) is 2.